The first-order chi connectivity index (χ1) is 11.9. The highest BCUT2D eigenvalue weighted by molar-refractivity contribution is 5.74. The molecule has 0 bridgehead atoms. The minimum Gasteiger partial charge on any atom is -0.383 e. The van der Waals surface area contributed by atoms with Crippen molar-refractivity contribution in [2.75, 3.05) is 6.54 Å². The van der Waals surface area contributed by atoms with E-state index in [0.29, 0.717) is 6.42 Å². The van der Waals surface area contributed by atoms with Gasteiger partial charge in [-0.25, -0.2) is 13.6 Å². The van der Waals surface area contributed by atoms with Gasteiger partial charge in [0, 0.05) is 5.56 Å². The number of urea groups is 1. The highest BCUT2D eigenvalue weighted by Crippen LogP contribution is 2.36. The second-order valence-electron chi connectivity index (χ2n) is 6.38. The lowest BCUT2D eigenvalue weighted by Crippen LogP contribution is -2.44. The molecule has 0 saturated heterocycles. The summed E-state index contributed by atoms with van der Waals surface area (Å²) in [6.45, 7) is 1.62. The molecule has 6 heteroatoms. The van der Waals surface area contributed by atoms with Crippen LogP contribution in [0.5, 0.6) is 0 Å². The van der Waals surface area contributed by atoms with Gasteiger partial charge in [0.1, 0.15) is 5.60 Å². The van der Waals surface area contributed by atoms with Crippen molar-refractivity contribution in [2.24, 2.45) is 0 Å². The third-order valence-corrected chi connectivity index (χ3v) is 4.66. The van der Waals surface area contributed by atoms with Crippen molar-refractivity contribution in [3.8, 4) is 0 Å². The van der Waals surface area contributed by atoms with E-state index in [1.54, 1.807) is 6.92 Å². The van der Waals surface area contributed by atoms with E-state index in [4.69, 9.17) is 0 Å². The molecule has 1 aliphatic rings. The number of aliphatic hydroxyl groups is 1. The molecule has 0 radical (unpaired) electrons. The number of rotatable bonds is 4. The van der Waals surface area contributed by atoms with E-state index in [2.05, 4.69) is 10.6 Å². The normalized spacial score (nSPS) is 20.0. The van der Waals surface area contributed by atoms with Gasteiger partial charge in [0.05, 0.1) is 12.6 Å². The fourth-order valence-electron chi connectivity index (χ4n) is 3.26. The van der Waals surface area contributed by atoms with Crippen molar-refractivity contribution in [2.45, 2.75) is 31.4 Å². The Morgan fingerprint density at radius 1 is 1.24 bits per heavy atom. The molecule has 25 heavy (non-hydrogen) atoms. The number of amides is 2. The summed E-state index contributed by atoms with van der Waals surface area (Å²) in [5.41, 5.74) is 0.850. The number of halogens is 2. The molecule has 1 aliphatic carbocycles. The molecule has 2 aromatic carbocycles. The van der Waals surface area contributed by atoms with Gasteiger partial charge in [-0.05, 0) is 37.0 Å². The molecule has 3 rings (SSSR count). The van der Waals surface area contributed by atoms with Crippen molar-refractivity contribution >= 4 is 6.03 Å². The smallest absolute Gasteiger partial charge is 0.315 e. The van der Waals surface area contributed by atoms with Crippen LogP contribution in [0.15, 0.2) is 42.5 Å². The van der Waals surface area contributed by atoms with Gasteiger partial charge < -0.3 is 15.7 Å². The van der Waals surface area contributed by atoms with Crippen LogP contribution in [0.25, 0.3) is 0 Å². The Morgan fingerprint density at radius 2 is 2.00 bits per heavy atom. The monoisotopic (exact) mass is 346 g/mol. The molecule has 0 aromatic heterocycles. The summed E-state index contributed by atoms with van der Waals surface area (Å²) >= 11 is 0. The molecule has 2 atom stereocenters. The van der Waals surface area contributed by atoms with E-state index in [0.717, 1.165) is 23.6 Å². The molecule has 2 amide bonds. The van der Waals surface area contributed by atoms with E-state index < -0.39 is 29.3 Å². The van der Waals surface area contributed by atoms with Gasteiger partial charge in [0.15, 0.2) is 11.6 Å². The SMILES string of the molecule is CC(NC(=O)NCC1(O)CCc2ccccc21)c1cccc(F)c1F. The molecule has 0 aliphatic heterocycles. The van der Waals surface area contributed by atoms with Crippen molar-refractivity contribution < 1.29 is 18.7 Å². The Labute approximate surface area is 144 Å². The molecule has 2 aromatic rings. The van der Waals surface area contributed by atoms with E-state index >= 15 is 0 Å². The Bertz CT molecular complexity index is 797. The summed E-state index contributed by atoms with van der Waals surface area (Å²) in [7, 11) is 0. The Hall–Kier alpha value is -2.47. The predicted octanol–water partition coefficient (Wildman–Crippen LogP) is 3.16. The van der Waals surface area contributed by atoms with Crippen molar-refractivity contribution in [1.29, 1.82) is 0 Å². The van der Waals surface area contributed by atoms with Gasteiger partial charge in [-0.3, -0.25) is 0 Å². The van der Waals surface area contributed by atoms with Crippen LogP contribution < -0.4 is 10.6 Å². The van der Waals surface area contributed by atoms with Gasteiger partial charge in [-0.15, -0.1) is 0 Å². The van der Waals surface area contributed by atoms with E-state index in [-0.39, 0.29) is 12.1 Å². The lowest BCUT2D eigenvalue weighted by molar-refractivity contribution is 0.0411. The fourth-order valence-corrected chi connectivity index (χ4v) is 3.26. The molecule has 4 nitrogen and oxygen atoms in total. The van der Waals surface area contributed by atoms with E-state index in [1.807, 2.05) is 24.3 Å². The van der Waals surface area contributed by atoms with Crippen LogP contribution in [-0.4, -0.2) is 17.7 Å². The second-order valence-corrected chi connectivity index (χ2v) is 6.38. The van der Waals surface area contributed by atoms with Crippen LogP contribution in [0.4, 0.5) is 13.6 Å². The number of aryl methyl sites for hydroxylation is 1. The zero-order valence-corrected chi connectivity index (χ0v) is 13.9. The number of nitrogens with one attached hydrogen (secondary N) is 2. The highest BCUT2D eigenvalue weighted by Gasteiger charge is 2.36. The maximum Gasteiger partial charge on any atom is 0.315 e. The van der Waals surface area contributed by atoms with Gasteiger partial charge in [0.2, 0.25) is 0 Å². The first kappa shape index (κ1) is 17.4. The van der Waals surface area contributed by atoms with Crippen molar-refractivity contribution in [3.05, 3.63) is 70.8 Å². The summed E-state index contributed by atoms with van der Waals surface area (Å²) < 4.78 is 27.1. The number of benzene rings is 2. The van der Waals surface area contributed by atoms with Crippen LogP contribution >= 0.6 is 0 Å². The highest BCUT2D eigenvalue weighted by atomic mass is 19.2. The molecule has 3 N–H and O–H groups in total. The van der Waals surface area contributed by atoms with E-state index in [1.165, 1.54) is 12.1 Å². The Balaban J connectivity index is 1.61. The Morgan fingerprint density at radius 3 is 2.80 bits per heavy atom. The second kappa shape index (κ2) is 6.80. The van der Waals surface area contributed by atoms with Crippen LogP contribution in [0.2, 0.25) is 0 Å². The number of carbonyl (C=O) groups excluding carboxylic acids is 1. The van der Waals surface area contributed by atoms with Gasteiger partial charge >= 0.3 is 6.03 Å². The Kier molecular flexibility index (Phi) is 4.72. The maximum absolute atomic E-state index is 13.8. The maximum atomic E-state index is 13.8. The fraction of sp³-hybridized carbons (Fsp3) is 0.316. The molecule has 0 spiro atoms. The number of hydrogen-bond donors (Lipinski definition) is 3. The summed E-state index contributed by atoms with van der Waals surface area (Å²) in [6.07, 6.45) is 1.28. The quantitative estimate of drug-likeness (QED) is 0.796. The third kappa shape index (κ3) is 3.49. The zero-order chi connectivity index (χ0) is 18.0. The molecule has 0 heterocycles. The molecule has 2 unspecified atom stereocenters. The molecule has 0 fully saturated rings. The summed E-state index contributed by atoms with van der Waals surface area (Å²) in [6, 6.07) is 10.2. The van der Waals surface area contributed by atoms with Crippen molar-refractivity contribution in [1.82, 2.24) is 10.6 Å². The average Bonchev–Trinajstić information content (AvgIpc) is 2.93. The molecule has 132 valence electrons. The third-order valence-electron chi connectivity index (χ3n) is 4.66. The van der Waals surface area contributed by atoms with Gasteiger partial charge in [0.25, 0.3) is 0 Å². The molecular formula is C19H20F2N2O2. The standard InChI is InChI=1S/C19H20F2N2O2/c1-12(14-6-4-8-16(20)17(14)21)23-18(24)22-11-19(25)10-9-13-5-2-3-7-15(13)19/h2-8,12,25H,9-11H2,1H3,(H2,22,23,24). The first-order valence-corrected chi connectivity index (χ1v) is 8.20. The van der Waals surface area contributed by atoms with Crippen molar-refractivity contribution in [3.63, 3.8) is 0 Å². The summed E-state index contributed by atoms with van der Waals surface area (Å²) in [4.78, 5) is 12.1. The number of carbonyl (C=O) groups is 1. The lowest BCUT2D eigenvalue weighted by atomic mass is 9.96. The van der Waals surface area contributed by atoms with Crippen LogP contribution in [0, 0.1) is 11.6 Å². The largest absolute Gasteiger partial charge is 0.383 e. The predicted molar refractivity (Wildman–Crippen MR) is 90.0 cm³/mol. The minimum atomic E-state index is -1.11. The van der Waals surface area contributed by atoms with Gasteiger partial charge in [-0.2, -0.15) is 0 Å². The molecular weight excluding hydrogens is 326 g/mol. The summed E-state index contributed by atoms with van der Waals surface area (Å²) in [5.74, 6) is -1.93. The lowest BCUT2D eigenvalue weighted by Gasteiger charge is -2.25. The van der Waals surface area contributed by atoms with E-state index in [9.17, 15) is 18.7 Å². The zero-order valence-electron chi connectivity index (χ0n) is 13.9. The topological polar surface area (TPSA) is 61.4 Å². The average molecular weight is 346 g/mol. The first-order valence-electron chi connectivity index (χ1n) is 8.20. The number of hydrogen-bond acceptors (Lipinski definition) is 2. The van der Waals surface area contributed by atoms with Crippen LogP contribution in [0.1, 0.15) is 36.1 Å². The van der Waals surface area contributed by atoms with Crippen LogP contribution in [0.3, 0.4) is 0 Å². The molecule has 0 saturated carbocycles. The summed E-state index contributed by atoms with van der Waals surface area (Å²) in [5, 5.41) is 16.0. The van der Waals surface area contributed by atoms with Crippen LogP contribution in [-0.2, 0) is 12.0 Å². The minimum absolute atomic E-state index is 0.0498. The van der Waals surface area contributed by atoms with Gasteiger partial charge in [-0.1, -0.05) is 36.4 Å². The number of fused-ring (bicyclic) bond motifs is 1.